The van der Waals surface area contributed by atoms with Crippen LogP contribution in [0.15, 0.2) is 82.8 Å². The van der Waals surface area contributed by atoms with Crippen molar-refractivity contribution in [3.05, 3.63) is 94.0 Å². The van der Waals surface area contributed by atoms with Gasteiger partial charge in [-0.2, -0.15) is 5.10 Å². The van der Waals surface area contributed by atoms with E-state index in [1.165, 1.54) is 24.3 Å². The Morgan fingerprint density at radius 1 is 0.900 bits per heavy atom. The molecule has 0 spiro atoms. The van der Waals surface area contributed by atoms with Gasteiger partial charge in [0.1, 0.15) is 0 Å². The minimum Gasteiger partial charge on any atom is -0.278 e. The quantitative estimate of drug-likeness (QED) is 0.402. The van der Waals surface area contributed by atoms with Crippen LogP contribution in [0, 0.1) is 0 Å². The second kappa shape index (κ2) is 9.30. The minimum absolute atomic E-state index is 0.0755. The normalized spacial score (nSPS) is 11.8. The molecule has 0 fully saturated rings. The molecule has 154 valence electrons. The first-order valence-electron chi connectivity index (χ1n) is 8.74. The third kappa shape index (κ3) is 5.38. The molecular weight excluding hydrogens is 445 g/mol. The Labute approximate surface area is 184 Å². The summed E-state index contributed by atoms with van der Waals surface area (Å²) in [5.74, 6) is -0.543. The van der Waals surface area contributed by atoms with Gasteiger partial charge in [-0.25, -0.2) is 13.8 Å². The van der Waals surface area contributed by atoms with Crippen LogP contribution < -0.4 is 10.1 Å². The van der Waals surface area contributed by atoms with Crippen LogP contribution in [0.2, 0.25) is 10.0 Å². The lowest BCUT2D eigenvalue weighted by Crippen LogP contribution is -2.20. The average Bonchev–Trinajstić information content (AvgIpc) is 2.74. The molecule has 2 N–H and O–H groups in total. The molecule has 0 saturated heterocycles. The van der Waals surface area contributed by atoms with Crippen molar-refractivity contribution in [1.82, 2.24) is 5.43 Å². The SMILES string of the molecule is C/C(=N\NC(=O)c1cccc(S(=O)(=O)Nc2ccccc2Cl)c1)c1ccc(Cl)cc1. The molecule has 6 nitrogen and oxygen atoms in total. The maximum absolute atomic E-state index is 12.7. The highest BCUT2D eigenvalue weighted by Gasteiger charge is 2.17. The van der Waals surface area contributed by atoms with Gasteiger partial charge < -0.3 is 0 Å². The highest BCUT2D eigenvalue weighted by atomic mass is 35.5. The van der Waals surface area contributed by atoms with Crippen molar-refractivity contribution in [2.75, 3.05) is 4.72 Å². The fraction of sp³-hybridized carbons (Fsp3) is 0.0476. The monoisotopic (exact) mass is 461 g/mol. The van der Waals surface area contributed by atoms with Crippen LogP contribution in [0.1, 0.15) is 22.8 Å². The molecule has 0 aromatic heterocycles. The van der Waals surface area contributed by atoms with E-state index in [1.54, 1.807) is 55.5 Å². The van der Waals surface area contributed by atoms with E-state index in [0.29, 0.717) is 10.7 Å². The topological polar surface area (TPSA) is 87.6 Å². The summed E-state index contributed by atoms with van der Waals surface area (Å²) in [6.07, 6.45) is 0. The fourth-order valence-electron chi connectivity index (χ4n) is 2.51. The molecule has 9 heteroatoms. The Morgan fingerprint density at radius 3 is 2.30 bits per heavy atom. The van der Waals surface area contributed by atoms with E-state index >= 15 is 0 Å². The summed E-state index contributed by atoms with van der Waals surface area (Å²) in [6, 6.07) is 19.1. The van der Waals surface area contributed by atoms with Gasteiger partial charge in [-0.1, -0.05) is 53.5 Å². The first-order chi connectivity index (χ1) is 14.3. The summed E-state index contributed by atoms with van der Waals surface area (Å²) in [5, 5.41) is 4.93. The zero-order chi connectivity index (χ0) is 21.7. The summed E-state index contributed by atoms with van der Waals surface area (Å²) in [7, 11) is -3.93. The van der Waals surface area contributed by atoms with Crippen molar-refractivity contribution >= 4 is 50.5 Å². The van der Waals surface area contributed by atoms with Crippen LogP contribution in [-0.2, 0) is 10.0 Å². The van der Waals surface area contributed by atoms with Crippen molar-refractivity contribution in [1.29, 1.82) is 0 Å². The number of benzene rings is 3. The van der Waals surface area contributed by atoms with Crippen LogP contribution in [0.5, 0.6) is 0 Å². The van der Waals surface area contributed by atoms with E-state index in [2.05, 4.69) is 15.2 Å². The molecular formula is C21H17Cl2N3O3S. The number of para-hydroxylation sites is 1. The smallest absolute Gasteiger partial charge is 0.271 e. The number of carbonyl (C=O) groups is 1. The Hall–Kier alpha value is -2.87. The lowest BCUT2D eigenvalue weighted by atomic mass is 10.1. The van der Waals surface area contributed by atoms with E-state index in [9.17, 15) is 13.2 Å². The number of hydrogen-bond donors (Lipinski definition) is 2. The molecule has 0 aliphatic carbocycles. The van der Waals surface area contributed by atoms with Crippen LogP contribution in [0.3, 0.4) is 0 Å². The number of sulfonamides is 1. The Balaban J connectivity index is 1.77. The second-order valence-corrected chi connectivity index (χ2v) is 8.78. The third-order valence-corrected chi connectivity index (χ3v) is 6.06. The Morgan fingerprint density at radius 2 is 1.60 bits per heavy atom. The molecule has 0 aliphatic rings. The van der Waals surface area contributed by atoms with E-state index in [0.717, 1.165) is 5.56 Å². The molecule has 0 heterocycles. The number of halogens is 2. The van der Waals surface area contributed by atoms with Gasteiger partial charge >= 0.3 is 0 Å². The lowest BCUT2D eigenvalue weighted by molar-refractivity contribution is 0.0954. The Kier molecular flexibility index (Phi) is 6.77. The summed E-state index contributed by atoms with van der Waals surface area (Å²) < 4.78 is 27.8. The van der Waals surface area contributed by atoms with Gasteiger partial charge in [0.2, 0.25) is 0 Å². The van der Waals surface area contributed by atoms with Gasteiger partial charge in [-0.15, -0.1) is 0 Å². The van der Waals surface area contributed by atoms with E-state index in [4.69, 9.17) is 23.2 Å². The van der Waals surface area contributed by atoms with E-state index in [1.807, 2.05) is 0 Å². The van der Waals surface area contributed by atoms with Crippen molar-refractivity contribution in [2.45, 2.75) is 11.8 Å². The van der Waals surface area contributed by atoms with E-state index < -0.39 is 15.9 Å². The number of hydrogen-bond acceptors (Lipinski definition) is 4. The molecule has 0 bridgehead atoms. The van der Waals surface area contributed by atoms with Crippen molar-refractivity contribution in [3.63, 3.8) is 0 Å². The molecule has 1 amide bonds. The number of anilines is 1. The predicted octanol–water partition coefficient (Wildman–Crippen LogP) is 4.95. The Bertz CT molecular complexity index is 1210. The van der Waals surface area contributed by atoms with Crippen LogP contribution >= 0.6 is 23.2 Å². The average molecular weight is 462 g/mol. The molecule has 0 unspecified atom stereocenters. The summed E-state index contributed by atoms with van der Waals surface area (Å²) >= 11 is 11.9. The van der Waals surface area contributed by atoms with Crippen molar-refractivity contribution in [3.8, 4) is 0 Å². The van der Waals surface area contributed by atoms with Gasteiger partial charge in [0.05, 0.1) is 21.3 Å². The molecule has 3 aromatic carbocycles. The summed E-state index contributed by atoms with van der Waals surface area (Å²) in [4.78, 5) is 12.4. The van der Waals surface area contributed by atoms with Gasteiger partial charge in [0.25, 0.3) is 15.9 Å². The summed E-state index contributed by atoms with van der Waals surface area (Å²) in [6.45, 7) is 1.73. The van der Waals surface area contributed by atoms with Gasteiger partial charge in [-0.05, 0) is 55.0 Å². The highest BCUT2D eigenvalue weighted by molar-refractivity contribution is 7.92. The molecule has 3 rings (SSSR count). The van der Waals surface area contributed by atoms with Gasteiger partial charge in [0, 0.05) is 10.6 Å². The first kappa shape index (κ1) is 21.8. The maximum atomic E-state index is 12.7. The standard InChI is InChI=1S/C21H17Cl2N3O3S/c1-14(15-9-11-17(22)12-10-15)24-25-21(27)16-5-4-6-18(13-16)30(28,29)26-20-8-3-2-7-19(20)23/h2-13,26H,1H3,(H,25,27)/b24-14+. The zero-order valence-corrected chi connectivity index (χ0v) is 18.1. The van der Waals surface area contributed by atoms with E-state index in [-0.39, 0.29) is 21.2 Å². The first-order valence-corrected chi connectivity index (χ1v) is 11.0. The molecule has 0 atom stereocenters. The van der Waals surface area contributed by atoms with Gasteiger partial charge in [-0.3, -0.25) is 9.52 Å². The molecule has 0 aliphatic heterocycles. The number of carbonyl (C=O) groups excluding carboxylic acids is 1. The van der Waals surface area contributed by atoms with Crippen molar-refractivity contribution < 1.29 is 13.2 Å². The van der Waals surface area contributed by atoms with Crippen LogP contribution in [0.4, 0.5) is 5.69 Å². The fourth-order valence-corrected chi connectivity index (χ4v) is 4.00. The molecule has 30 heavy (non-hydrogen) atoms. The molecule has 0 saturated carbocycles. The lowest BCUT2D eigenvalue weighted by Gasteiger charge is -2.10. The molecule has 3 aromatic rings. The maximum Gasteiger partial charge on any atom is 0.271 e. The van der Waals surface area contributed by atoms with Crippen molar-refractivity contribution in [2.24, 2.45) is 5.10 Å². The second-order valence-electron chi connectivity index (χ2n) is 6.26. The predicted molar refractivity (Wildman–Crippen MR) is 120 cm³/mol. The largest absolute Gasteiger partial charge is 0.278 e. The number of amides is 1. The third-order valence-electron chi connectivity index (χ3n) is 4.11. The number of rotatable bonds is 6. The number of nitrogens with zero attached hydrogens (tertiary/aromatic N) is 1. The summed E-state index contributed by atoms with van der Waals surface area (Å²) in [5.41, 5.74) is 4.18. The van der Waals surface area contributed by atoms with Gasteiger partial charge in [0.15, 0.2) is 0 Å². The highest BCUT2D eigenvalue weighted by Crippen LogP contribution is 2.24. The minimum atomic E-state index is -3.93. The zero-order valence-electron chi connectivity index (χ0n) is 15.8. The molecule has 0 radical (unpaired) electrons. The van der Waals surface area contributed by atoms with Crippen LogP contribution in [-0.4, -0.2) is 20.0 Å². The van der Waals surface area contributed by atoms with Crippen LogP contribution in [0.25, 0.3) is 0 Å². The number of nitrogens with one attached hydrogen (secondary N) is 2. The number of hydrazone groups is 1.